The number of rotatable bonds is 1. The smallest absolute Gasteiger partial charge is 0.0350 e. The fourth-order valence-electron chi connectivity index (χ4n) is 2.99. The molecule has 0 amide bonds. The van der Waals surface area contributed by atoms with E-state index in [4.69, 9.17) is 0 Å². The van der Waals surface area contributed by atoms with Crippen molar-refractivity contribution in [3.05, 3.63) is 35.9 Å². The minimum Gasteiger partial charge on any atom is -0.296 e. The predicted octanol–water partition coefficient (Wildman–Crippen LogP) is 2.84. The first kappa shape index (κ1) is 8.49. The van der Waals surface area contributed by atoms with Crippen LogP contribution in [-0.4, -0.2) is 18.0 Å². The molecule has 1 heteroatoms. The van der Waals surface area contributed by atoms with E-state index in [1.807, 2.05) is 0 Å². The molecule has 0 N–H and O–H groups in total. The fraction of sp³-hybridized carbons (Fsp3) is 0.538. The van der Waals surface area contributed by atoms with Gasteiger partial charge in [0.15, 0.2) is 0 Å². The van der Waals surface area contributed by atoms with Gasteiger partial charge in [-0.2, -0.15) is 0 Å². The van der Waals surface area contributed by atoms with E-state index in [1.165, 1.54) is 37.9 Å². The van der Waals surface area contributed by atoms with Gasteiger partial charge < -0.3 is 0 Å². The van der Waals surface area contributed by atoms with Crippen molar-refractivity contribution in [2.75, 3.05) is 13.1 Å². The molecule has 0 radical (unpaired) electrons. The van der Waals surface area contributed by atoms with Crippen LogP contribution >= 0.6 is 0 Å². The summed E-state index contributed by atoms with van der Waals surface area (Å²) in [6.07, 6.45) is 4.26. The Kier molecular flexibility index (Phi) is 2.06. The van der Waals surface area contributed by atoms with Gasteiger partial charge in [-0.25, -0.2) is 0 Å². The Morgan fingerprint density at radius 1 is 1.00 bits per heavy atom. The number of piperidine rings is 3. The zero-order chi connectivity index (χ0) is 9.38. The topological polar surface area (TPSA) is 3.24 Å². The quantitative estimate of drug-likeness (QED) is 0.653. The van der Waals surface area contributed by atoms with Gasteiger partial charge in [-0.05, 0) is 43.8 Å². The van der Waals surface area contributed by atoms with E-state index in [2.05, 4.69) is 35.2 Å². The SMILES string of the molecule is c1ccc(C2CC3CCN2CC3)cc1. The second kappa shape index (κ2) is 3.39. The third-order valence-corrected chi connectivity index (χ3v) is 3.83. The number of hydrogen-bond acceptors (Lipinski definition) is 1. The molecule has 1 unspecified atom stereocenters. The first-order valence-electron chi connectivity index (χ1n) is 5.72. The maximum atomic E-state index is 2.66. The van der Waals surface area contributed by atoms with Gasteiger partial charge >= 0.3 is 0 Å². The van der Waals surface area contributed by atoms with Crippen LogP contribution in [-0.2, 0) is 0 Å². The maximum absolute atomic E-state index is 2.66. The molecule has 14 heavy (non-hydrogen) atoms. The molecule has 0 aromatic heterocycles. The summed E-state index contributed by atoms with van der Waals surface area (Å²) in [5, 5.41) is 0. The van der Waals surface area contributed by atoms with Crippen LogP contribution in [0.2, 0.25) is 0 Å². The van der Waals surface area contributed by atoms with E-state index < -0.39 is 0 Å². The zero-order valence-electron chi connectivity index (χ0n) is 8.52. The Labute approximate surface area is 85.7 Å². The summed E-state index contributed by atoms with van der Waals surface area (Å²) >= 11 is 0. The molecule has 3 heterocycles. The van der Waals surface area contributed by atoms with E-state index in [9.17, 15) is 0 Å². The van der Waals surface area contributed by atoms with E-state index in [0.717, 1.165) is 12.0 Å². The summed E-state index contributed by atoms with van der Waals surface area (Å²) in [5.74, 6) is 1.00. The highest BCUT2D eigenvalue weighted by Crippen LogP contribution is 2.40. The Bertz CT molecular complexity index is 298. The fourth-order valence-corrected chi connectivity index (χ4v) is 2.99. The lowest BCUT2D eigenvalue weighted by atomic mass is 9.81. The lowest BCUT2D eigenvalue weighted by molar-refractivity contribution is 0.0490. The van der Waals surface area contributed by atoms with Crippen molar-refractivity contribution in [3.8, 4) is 0 Å². The van der Waals surface area contributed by atoms with Crippen LogP contribution in [0.1, 0.15) is 30.9 Å². The minimum atomic E-state index is 0.726. The van der Waals surface area contributed by atoms with Gasteiger partial charge in [0.2, 0.25) is 0 Å². The number of nitrogens with zero attached hydrogens (tertiary/aromatic N) is 1. The molecule has 3 aliphatic heterocycles. The number of benzene rings is 1. The largest absolute Gasteiger partial charge is 0.296 e. The molecule has 1 atom stereocenters. The summed E-state index contributed by atoms with van der Waals surface area (Å²) in [6.45, 7) is 2.65. The Hall–Kier alpha value is -0.820. The summed E-state index contributed by atoms with van der Waals surface area (Å²) in [5.41, 5.74) is 1.52. The van der Waals surface area contributed by atoms with Crippen LogP contribution in [0.3, 0.4) is 0 Å². The summed E-state index contributed by atoms with van der Waals surface area (Å²) in [7, 11) is 0. The van der Waals surface area contributed by atoms with E-state index in [0.29, 0.717) is 0 Å². The van der Waals surface area contributed by atoms with Crippen molar-refractivity contribution in [1.29, 1.82) is 0 Å². The first-order valence-corrected chi connectivity index (χ1v) is 5.72. The number of hydrogen-bond donors (Lipinski definition) is 0. The van der Waals surface area contributed by atoms with Gasteiger partial charge in [-0.15, -0.1) is 0 Å². The van der Waals surface area contributed by atoms with Crippen LogP contribution in [0.15, 0.2) is 30.3 Å². The van der Waals surface area contributed by atoms with Gasteiger partial charge in [0.25, 0.3) is 0 Å². The van der Waals surface area contributed by atoms with Gasteiger partial charge in [0.05, 0.1) is 0 Å². The lowest BCUT2D eigenvalue weighted by Crippen LogP contribution is -2.43. The highest BCUT2D eigenvalue weighted by atomic mass is 15.2. The lowest BCUT2D eigenvalue weighted by Gasteiger charge is -2.45. The van der Waals surface area contributed by atoms with Gasteiger partial charge in [0.1, 0.15) is 0 Å². The van der Waals surface area contributed by atoms with Crippen molar-refractivity contribution in [1.82, 2.24) is 4.90 Å². The molecular formula is C13H17N. The molecule has 3 aliphatic rings. The van der Waals surface area contributed by atoms with Crippen LogP contribution in [0, 0.1) is 5.92 Å². The Morgan fingerprint density at radius 3 is 2.29 bits per heavy atom. The standard InChI is InChI=1S/C13H17N/c1-2-4-12(5-3-1)13-10-11-6-8-14(13)9-7-11/h1-5,11,13H,6-10H2. The summed E-state index contributed by atoms with van der Waals surface area (Å²) < 4.78 is 0. The average molecular weight is 187 g/mol. The Morgan fingerprint density at radius 2 is 1.71 bits per heavy atom. The second-order valence-electron chi connectivity index (χ2n) is 4.64. The predicted molar refractivity (Wildman–Crippen MR) is 58.1 cm³/mol. The molecule has 3 saturated heterocycles. The second-order valence-corrected chi connectivity index (χ2v) is 4.64. The first-order chi connectivity index (χ1) is 6.93. The Balaban J connectivity index is 1.86. The summed E-state index contributed by atoms with van der Waals surface area (Å²) in [4.78, 5) is 2.66. The average Bonchev–Trinajstić information content (AvgIpc) is 2.32. The molecule has 74 valence electrons. The van der Waals surface area contributed by atoms with Crippen LogP contribution in [0.5, 0.6) is 0 Å². The van der Waals surface area contributed by atoms with E-state index in [-0.39, 0.29) is 0 Å². The van der Waals surface area contributed by atoms with Crippen molar-refractivity contribution >= 4 is 0 Å². The van der Waals surface area contributed by atoms with Gasteiger partial charge in [-0.1, -0.05) is 30.3 Å². The number of fused-ring (bicyclic) bond motifs is 3. The normalized spacial score (nSPS) is 35.9. The van der Waals surface area contributed by atoms with Crippen molar-refractivity contribution in [3.63, 3.8) is 0 Å². The van der Waals surface area contributed by atoms with E-state index in [1.54, 1.807) is 0 Å². The maximum Gasteiger partial charge on any atom is 0.0350 e. The zero-order valence-corrected chi connectivity index (χ0v) is 8.52. The highest BCUT2D eigenvalue weighted by Gasteiger charge is 2.33. The molecule has 4 rings (SSSR count). The molecular weight excluding hydrogens is 170 g/mol. The van der Waals surface area contributed by atoms with Crippen molar-refractivity contribution < 1.29 is 0 Å². The van der Waals surface area contributed by atoms with Crippen molar-refractivity contribution in [2.24, 2.45) is 5.92 Å². The molecule has 0 aliphatic carbocycles. The molecule has 1 aromatic carbocycles. The van der Waals surface area contributed by atoms with Gasteiger partial charge in [0, 0.05) is 6.04 Å². The van der Waals surface area contributed by atoms with Gasteiger partial charge in [-0.3, -0.25) is 4.90 Å². The van der Waals surface area contributed by atoms with Crippen molar-refractivity contribution in [2.45, 2.75) is 25.3 Å². The highest BCUT2D eigenvalue weighted by molar-refractivity contribution is 5.20. The third-order valence-electron chi connectivity index (χ3n) is 3.83. The minimum absolute atomic E-state index is 0.726. The van der Waals surface area contributed by atoms with E-state index >= 15 is 0 Å². The van der Waals surface area contributed by atoms with Crippen LogP contribution in [0.4, 0.5) is 0 Å². The molecule has 2 bridgehead atoms. The summed E-state index contributed by atoms with van der Waals surface area (Å²) in [6, 6.07) is 11.7. The molecule has 1 aromatic rings. The van der Waals surface area contributed by atoms with Crippen LogP contribution in [0.25, 0.3) is 0 Å². The molecule has 1 nitrogen and oxygen atoms in total. The van der Waals surface area contributed by atoms with Crippen LogP contribution < -0.4 is 0 Å². The monoisotopic (exact) mass is 187 g/mol. The molecule has 3 fully saturated rings. The third kappa shape index (κ3) is 1.36. The molecule has 0 saturated carbocycles. The molecule has 0 spiro atoms.